The first kappa shape index (κ1) is 69.6. The summed E-state index contributed by atoms with van der Waals surface area (Å²) in [6, 6.07) is 2.95. The molecule has 5 aliphatic rings. The third-order valence-corrected chi connectivity index (χ3v) is 16.8. The molecule has 38 heteroatoms. The SMILES string of the molecule is C.COC(=O)/C=C/c1cn(C2O[C@H](CO)[C@@H](O)[C@H]2O)c2ncnc(N)c12.Nc1ncnc2c1c(I)cn2C1O[C@H](CO)[C@@H](O)[C@H]1O.O=c1ccc2cn(C3O[C@H](CO)[C@@H](O)[C@H]3O)c3c2c(n1)NC=N3.OC[C@H]1OC(n2cc(I)c3c(Cl)ncnc32)[C@H](O)[C@@H]1O.[B]. The van der Waals surface area contributed by atoms with Gasteiger partial charge in [0.15, 0.2) is 24.9 Å². The number of methoxy groups -OCH3 is 1. The first-order valence-electron chi connectivity index (χ1n) is 26.3. The van der Waals surface area contributed by atoms with Crippen LogP contribution in [0.4, 0.5) is 23.3 Å². The minimum Gasteiger partial charge on any atom is -0.466 e. The van der Waals surface area contributed by atoms with Crippen LogP contribution in [0.25, 0.3) is 49.9 Å². The predicted octanol–water partition coefficient (Wildman–Crippen LogP) is -2.31. The Morgan fingerprint density at radius 2 is 1.03 bits per heavy atom. The minimum atomic E-state index is -1.28. The summed E-state index contributed by atoms with van der Waals surface area (Å²) in [4.78, 5) is 55.3. The molecule has 90 heavy (non-hydrogen) atoms. The summed E-state index contributed by atoms with van der Waals surface area (Å²) >= 11 is 10.2. The number of nitrogens with one attached hydrogen (secondary N) is 1. The third kappa shape index (κ3) is 13.1. The van der Waals surface area contributed by atoms with Crippen LogP contribution in [0.1, 0.15) is 37.9 Å². The molecule has 5 aliphatic heterocycles. The van der Waals surface area contributed by atoms with Crippen LogP contribution >= 0.6 is 56.8 Å². The summed E-state index contributed by atoms with van der Waals surface area (Å²) in [7, 11) is 1.26. The number of ether oxygens (including phenoxy) is 5. The fourth-order valence-corrected chi connectivity index (χ4v) is 12.4. The second kappa shape index (κ2) is 29.1. The molecule has 4 saturated heterocycles. The van der Waals surface area contributed by atoms with Crippen molar-refractivity contribution in [3.8, 4) is 0 Å². The number of hydrogen-bond donors (Lipinski definition) is 15. The molecule has 13 heterocycles. The van der Waals surface area contributed by atoms with Gasteiger partial charge in [0, 0.05) is 63.4 Å². The Balaban J connectivity index is 0.000000154. The molecule has 4 fully saturated rings. The maximum atomic E-state index is 11.6. The third-order valence-electron chi connectivity index (χ3n) is 14.8. The van der Waals surface area contributed by atoms with Crippen LogP contribution in [0, 0.1) is 7.14 Å². The van der Waals surface area contributed by atoms with Gasteiger partial charge in [0.05, 0.1) is 61.4 Å². The van der Waals surface area contributed by atoms with Crippen molar-refractivity contribution in [2.45, 2.75) is 106 Å². The molecular weight excluding hydrogens is 1440 g/mol. The largest absolute Gasteiger partial charge is 0.466 e. The van der Waals surface area contributed by atoms with Crippen molar-refractivity contribution in [2.24, 2.45) is 4.99 Å². The highest BCUT2D eigenvalue weighted by Crippen LogP contribution is 2.42. The summed E-state index contributed by atoms with van der Waals surface area (Å²) in [6.07, 6.45) is -1.93. The van der Waals surface area contributed by atoms with Crippen molar-refractivity contribution in [1.29, 1.82) is 0 Å². The van der Waals surface area contributed by atoms with Crippen molar-refractivity contribution >= 4 is 151 Å². The average Bonchev–Trinajstić information content (AvgIpc) is 1.71. The molecule has 13 rings (SSSR count). The molecule has 0 saturated carbocycles. The number of aliphatic hydroxyl groups excluding tert-OH is 12. The van der Waals surface area contributed by atoms with E-state index in [2.05, 4.69) is 95.1 Å². The summed E-state index contributed by atoms with van der Waals surface area (Å²) < 4.78 is 34.5. The van der Waals surface area contributed by atoms with Crippen molar-refractivity contribution in [3.05, 3.63) is 90.2 Å². The molecule has 0 aromatic carbocycles. The van der Waals surface area contributed by atoms with E-state index in [-0.39, 0.29) is 40.4 Å². The van der Waals surface area contributed by atoms with Crippen LogP contribution in [0.5, 0.6) is 0 Å². The number of aromatic nitrogens is 11. The van der Waals surface area contributed by atoms with E-state index in [0.717, 1.165) is 7.14 Å². The second-order valence-corrected chi connectivity index (χ2v) is 22.7. The number of carbonyl (C=O) groups excluding carboxylic acids is 1. The number of aliphatic hydroxyl groups is 12. The van der Waals surface area contributed by atoms with E-state index in [0.29, 0.717) is 72.0 Å². The lowest BCUT2D eigenvalue weighted by Crippen LogP contribution is -2.33. The lowest BCUT2D eigenvalue weighted by Gasteiger charge is -2.19. The summed E-state index contributed by atoms with van der Waals surface area (Å²) in [5.74, 6) is 0.784. The van der Waals surface area contributed by atoms with Gasteiger partial charge in [-0.3, -0.25) is 4.79 Å². The van der Waals surface area contributed by atoms with E-state index in [1.807, 2.05) is 0 Å². The fourth-order valence-electron chi connectivity index (χ4n) is 10.4. The highest BCUT2D eigenvalue weighted by Gasteiger charge is 2.47. The maximum absolute atomic E-state index is 11.6. The molecule has 481 valence electrons. The Bertz CT molecular complexity index is 3890. The van der Waals surface area contributed by atoms with E-state index in [1.165, 1.54) is 55.2 Å². The van der Waals surface area contributed by atoms with Gasteiger partial charge >= 0.3 is 5.97 Å². The van der Waals surface area contributed by atoms with Gasteiger partial charge in [0.1, 0.15) is 138 Å². The fraction of sp³-hybridized carbons (Fsp3) is 0.423. The Labute approximate surface area is 541 Å². The van der Waals surface area contributed by atoms with Crippen LogP contribution in [-0.2, 0) is 28.5 Å². The van der Waals surface area contributed by atoms with Gasteiger partial charge < -0.3 is 120 Å². The van der Waals surface area contributed by atoms with Crippen molar-refractivity contribution in [3.63, 3.8) is 0 Å². The first-order valence-corrected chi connectivity index (χ1v) is 28.8. The maximum Gasteiger partial charge on any atom is 0.330 e. The predicted molar refractivity (Wildman–Crippen MR) is 335 cm³/mol. The molecule has 3 radical (unpaired) electrons. The zero-order valence-electron chi connectivity index (χ0n) is 46.0. The standard InChI is InChI=1S/C15H18N4O6.C14H14N4O5.C11H11ClIN3O4.C11H13IN4O4.CH4.B/c1-24-9(21)3-2-7-4-19(14-10(7)13(16)17-6-18-14)15-12(23)11(22)8(5-20)25-15;19-4-7-10(21)11(22)14(23-7)18-3-6-1-2-8(20)17-12-9(6)13(18)16-5-15-12;12-9-6-4(13)1-16(10(6)15-3-14-9)11-8(19)7(18)5(2-17)20-11;12-4-1-16(10-6(4)9(13)14-3-15-10)11-8(19)7(18)5(2-17)20-11;;/h2-4,6,8,11-12,15,20,22-23H,5H2,1H3,(H2,16,17,18);1-3,5,7,10-11,14,19,21-22H,4H2,(H,15,16,17,20);1,3,5,7-8,11,17-19H,2H2;1,3,5,7-8,11,17-19H,2H2,(H2,13,14,15);1H4;/b3-2+;;;;;/t8-,11-,12-,15?;7-,10-,11-,14?;2*5-,7-,8-,11?;;/m1111../s1. The van der Waals surface area contributed by atoms with Gasteiger partial charge in [0.25, 0.3) is 5.56 Å². The van der Waals surface area contributed by atoms with Crippen molar-refractivity contribution in [2.75, 3.05) is 50.3 Å². The zero-order valence-corrected chi connectivity index (χ0v) is 51.0. The number of halogens is 3. The van der Waals surface area contributed by atoms with Crippen LogP contribution < -0.4 is 22.3 Å². The molecule has 8 aromatic rings. The topological polar surface area (TPSA) is 509 Å². The Morgan fingerprint density at radius 3 is 1.50 bits per heavy atom. The monoisotopic (exact) mass is 1500 g/mol. The van der Waals surface area contributed by atoms with Crippen molar-refractivity contribution < 1.29 is 89.8 Å². The Morgan fingerprint density at radius 1 is 0.611 bits per heavy atom. The van der Waals surface area contributed by atoms with Gasteiger partial charge in [-0.05, 0) is 57.3 Å². The van der Waals surface area contributed by atoms with Crippen molar-refractivity contribution in [1.82, 2.24) is 53.2 Å². The number of nitrogens with zero attached hydrogens (tertiary/aromatic N) is 12. The van der Waals surface area contributed by atoms with E-state index in [9.17, 15) is 60.7 Å². The summed E-state index contributed by atoms with van der Waals surface area (Å²) in [6.45, 7) is -1.60. The second-order valence-electron chi connectivity index (χ2n) is 20.0. The summed E-state index contributed by atoms with van der Waals surface area (Å²) in [5, 5.41) is 123. The van der Waals surface area contributed by atoms with Gasteiger partial charge in [0.2, 0.25) is 0 Å². The van der Waals surface area contributed by atoms with E-state index < -0.39 is 117 Å². The Hall–Kier alpha value is -6.33. The number of anilines is 3. The molecular formula is C52H60BClI2N15O19. The smallest absolute Gasteiger partial charge is 0.330 e. The molecule has 0 bridgehead atoms. The number of hydrogen-bond acceptors (Lipinski definition) is 30. The number of fused-ring (bicyclic) bond motifs is 3. The number of carbonyl (C=O) groups is 1. The average molecular weight is 1500 g/mol. The highest BCUT2D eigenvalue weighted by molar-refractivity contribution is 14.1. The molecule has 16 atom stereocenters. The molecule has 0 spiro atoms. The van der Waals surface area contributed by atoms with Crippen LogP contribution in [0.2, 0.25) is 5.15 Å². The molecule has 17 N–H and O–H groups in total. The molecule has 34 nitrogen and oxygen atoms in total. The first-order chi connectivity index (χ1) is 42.2. The number of esters is 1. The molecule has 8 aromatic heterocycles. The minimum absolute atomic E-state index is 0. The van der Waals surface area contributed by atoms with E-state index >= 15 is 0 Å². The summed E-state index contributed by atoms with van der Waals surface area (Å²) in [5.41, 5.74) is 13.2. The van der Waals surface area contributed by atoms with Gasteiger partial charge in [-0.2, -0.15) is 4.98 Å². The number of nitrogen functional groups attached to an aromatic ring is 2. The number of aliphatic imine (C=N–C) groups is 1. The van der Waals surface area contributed by atoms with Gasteiger partial charge in [-0.25, -0.2) is 39.7 Å². The van der Waals surface area contributed by atoms with E-state index in [4.69, 9.17) is 52.2 Å². The van der Waals surface area contributed by atoms with E-state index in [1.54, 1.807) is 44.6 Å². The quantitative estimate of drug-likeness (QED) is 0.0225. The molecule has 0 aliphatic carbocycles. The van der Waals surface area contributed by atoms with Gasteiger partial charge in [-0.1, -0.05) is 19.0 Å². The zero-order chi connectivity index (χ0) is 63.2. The molecule has 4 unspecified atom stereocenters. The lowest BCUT2D eigenvalue weighted by molar-refractivity contribution is -0.134. The number of nitrogens with two attached hydrogens (primary N) is 2. The number of rotatable bonds is 10. The van der Waals surface area contributed by atoms with Crippen LogP contribution in [0.3, 0.4) is 0 Å². The normalized spacial score (nSPS) is 28.2. The highest BCUT2D eigenvalue weighted by atomic mass is 127. The van der Waals surface area contributed by atoms with Crippen LogP contribution in [-0.4, -0.2) is 242 Å². The van der Waals surface area contributed by atoms with Crippen LogP contribution in [0.15, 0.2) is 71.8 Å². The molecule has 0 amide bonds. The van der Waals surface area contributed by atoms with Gasteiger partial charge in [-0.15, -0.1) is 0 Å². The Kier molecular flexibility index (Phi) is 22.5. The lowest BCUT2D eigenvalue weighted by atomic mass is 10.1.